The fourth-order valence-corrected chi connectivity index (χ4v) is 2.10. The normalized spacial score (nSPS) is 10.3. The number of benzene rings is 1. The third-order valence-corrected chi connectivity index (χ3v) is 3.02. The van der Waals surface area contributed by atoms with E-state index in [2.05, 4.69) is 34.3 Å². The lowest BCUT2D eigenvalue weighted by Crippen LogP contribution is -2.04. The van der Waals surface area contributed by atoms with Crippen LogP contribution in [0.2, 0.25) is 0 Å². The van der Waals surface area contributed by atoms with Crippen LogP contribution in [-0.4, -0.2) is 7.05 Å². The smallest absolute Gasteiger partial charge is 0.119 e. The summed E-state index contributed by atoms with van der Waals surface area (Å²) in [5, 5.41) is 7.29. The van der Waals surface area contributed by atoms with Gasteiger partial charge in [-0.15, -0.1) is 0 Å². The van der Waals surface area contributed by atoms with Crippen LogP contribution in [0, 0.1) is 0 Å². The Kier molecular flexibility index (Phi) is 3.97. The maximum atomic E-state index is 5.67. The highest BCUT2D eigenvalue weighted by molar-refractivity contribution is 7.07. The fraction of sp³-hybridized carbons (Fsp3) is 0.231. The molecule has 1 heterocycles. The number of rotatable bonds is 5. The Morgan fingerprint density at radius 1 is 1.12 bits per heavy atom. The van der Waals surface area contributed by atoms with Crippen LogP contribution in [-0.2, 0) is 13.2 Å². The van der Waals surface area contributed by atoms with Crippen molar-refractivity contribution >= 4 is 11.3 Å². The van der Waals surface area contributed by atoms with E-state index in [1.807, 2.05) is 19.2 Å². The summed E-state index contributed by atoms with van der Waals surface area (Å²) in [5.74, 6) is 0.922. The van der Waals surface area contributed by atoms with Gasteiger partial charge in [-0.05, 0) is 47.1 Å². The first-order valence-electron chi connectivity index (χ1n) is 5.26. The Bertz CT molecular complexity index is 408. The minimum Gasteiger partial charge on any atom is -0.489 e. The van der Waals surface area contributed by atoms with Crippen molar-refractivity contribution in [3.8, 4) is 5.75 Å². The molecule has 2 nitrogen and oxygen atoms in total. The average Bonchev–Trinajstić information content (AvgIpc) is 2.82. The first-order chi connectivity index (χ1) is 7.88. The van der Waals surface area contributed by atoms with Crippen molar-refractivity contribution in [2.24, 2.45) is 0 Å². The van der Waals surface area contributed by atoms with Crippen LogP contribution >= 0.6 is 11.3 Å². The van der Waals surface area contributed by atoms with Gasteiger partial charge in [0.25, 0.3) is 0 Å². The monoisotopic (exact) mass is 233 g/mol. The number of nitrogens with one attached hydrogen (secondary N) is 1. The number of thiophene rings is 1. The van der Waals surface area contributed by atoms with Gasteiger partial charge in [-0.1, -0.05) is 12.1 Å². The third kappa shape index (κ3) is 3.08. The molecule has 0 unspecified atom stereocenters. The Morgan fingerprint density at radius 3 is 2.56 bits per heavy atom. The van der Waals surface area contributed by atoms with E-state index >= 15 is 0 Å². The van der Waals surface area contributed by atoms with Crippen LogP contribution in [0.25, 0.3) is 0 Å². The maximum absolute atomic E-state index is 5.67. The van der Waals surface area contributed by atoms with Crippen molar-refractivity contribution < 1.29 is 4.74 Å². The van der Waals surface area contributed by atoms with E-state index in [0.717, 1.165) is 12.3 Å². The van der Waals surface area contributed by atoms with E-state index in [4.69, 9.17) is 4.74 Å². The predicted octanol–water partition coefficient (Wildman–Crippen LogP) is 3.05. The second kappa shape index (κ2) is 5.68. The van der Waals surface area contributed by atoms with Crippen molar-refractivity contribution in [3.63, 3.8) is 0 Å². The minimum atomic E-state index is 0.648. The van der Waals surface area contributed by atoms with Crippen molar-refractivity contribution in [2.75, 3.05) is 7.05 Å². The van der Waals surface area contributed by atoms with Gasteiger partial charge < -0.3 is 10.1 Å². The van der Waals surface area contributed by atoms with Gasteiger partial charge >= 0.3 is 0 Å². The summed E-state index contributed by atoms with van der Waals surface area (Å²) in [7, 11) is 1.95. The summed E-state index contributed by atoms with van der Waals surface area (Å²) in [6, 6.07) is 10.3. The van der Waals surface area contributed by atoms with Crippen molar-refractivity contribution in [1.82, 2.24) is 5.32 Å². The molecule has 1 N–H and O–H groups in total. The van der Waals surface area contributed by atoms with Gasteiger partial charge in [-0.2, -0.15) is 11.3 Å². The van der Waals surface area contributed by atoms with Crippen LogP contribution in [0.5, 0.6) is 5.75 Å². The van der Waals surface area contributed by atoms with Crippen LogP contribution in [0.15, 0.2) is 41.1 Å². The van der Waals surface area contributed by atoms with Gasteiger partial charge in [0.2, 0.25) is 0 Å². The fourth-order valence-electron chi connectivity index (χ4n) is 1.45. The molecule has 0 aliphatic rings. The molecule has 0 fully saturated rings. The van der Waals surface area contributed by atoms with Crippen LogP contribution < -0.4 is 10.1 Å². The summed E-state index contributed by atoms with van der Waals surface area (Å²) in [6.45, 7) is 1.54. The number of hydrogen-bond donors (Lipinski definition) is 1. The number of ether oxygens (including phenoxy) is 1. The molecule has 84 valence electrons. The average molecular weight is 233 g/mol. The quantitative estimate of drug-likeness (QED) is 0.857. The van der Waals surface area contributed by atoms with E-state index in [1.165, 1.54) is 11.1 Å². The summed E-state index contributed by atoms with van der Waals surface area (Å²) < 4.78 is 5.67. The molecule has 0 radical (unpaired) electrons. The lowest BCUT2D eigenvalue weighted by Gasteiger charge is -2.06. The first-order valence-corrected chi connectivity index (χ1v) is 6.20. The Labute approximate surface area is 99.9 Å². The standard InChI is InChI=1S/C13H15NOS/c1-14-8-11-2-4-13(5-3-11)15-9-12-6-7-16-10-12/h2-7,10,14H,8-9H2,1H3. The molecular weight excluding hydrogens is 218 g/mol. The summed E-state index contributed by atoms with van der Waals surface area (Å²) in [5.41, 5.74) is 2.50. The zero-order valence-electron chi connectivity index (χ0n) is 9.27. The molecule has 0 saturated heterocycles. The van der Waals surface area contributed by atoms with Gasteiger partial charge in [0.05, 0.1) is 0 Å². The second-order valence-corrected chi connectivity index (χ2v) is 4.37. The van der Waals surface area contributed by atoms with E-state index < -0.39 is 0 Å². The topological polar surface area (TPSA) is 21.3 Å². The largest absolute Gasteiger partial charge is 0.489 e. The van der Waals surface area contributed by atoms with Gasteiger partial charge in [-0.3, -0.25) is 0 Å². The Balaban J connectivity index is 1.90. The zero-order chi connectivity index (χ0) is 11.2. The van der Waals surface area contributed by atoms with Crippen LogP contribution in [0.1, 0.15) is 11.1 Å². The van der Waals surface area contributed by atoms with Crippen LogP contribution in [0.4, 0.5) is 0 Å². The molecule has 0 amide bonds. The molecule has 0 spiro atoms. The van der Waals surface area contributed by atoms with Gasteiger partial charge in [0.1, 0.15) is 12.4 Å². The SMILES string of the molecule is CNCc1ccc(OCc2ccsc2)cc1. The molecule has 0 bridgehead atoms. The van der Waals surface area contributed by atoms with Crippen LogP contribution in [0.3, 0.4) is 0 Å². The van der Waals surface area contributed by atoms with E-state index in [0.29, 0.717) is 6.61 Å². The number of hydrogen-bond acceptors (Lipinski definition) is 3. The van der Waals surface area contributed by atoms with Crippen molar-refractivity contribution in [1.29, 1.82) is 0 Å². The van der Waals surface area contributed by atoms with Gasteiger partial charge in [0.15, 0.2) is 0 Å². The predicted molar refractivity (Wildman–Crippen MR) is 67.9 cm³/mol. The second-order valence-electron chi connectivity index (χ2n) is 3.59. The minimum absolute atomic E-state index is 0.648. The Hall–Kier alpha value is -1.32. The first kappa shape index (κ1) is 11.2. The van der Waals surface area contributed by atoms with E-state index in [-0.39, 0.29) is 0 Å². The molecule has 0 saturated carbocycles. The summed E-state index contributed by atoms with van der Waals surface area (Å²) in [4.78, 5) is 0. The molecular formula is C13H15NOS. The lowest BCUT2D eigenvalue weighted by molar-refractivity contribution is 0.306. The molecule has 16 heavy (non-hydrogen) atoms. The highest BCUT2D eigenvalue weighted by atomic mass is 32.1. The van der Waals surface area contributed by atoms with Crippen molar-refractivity contribution in [2.45, 2.75) is 13.2 Å². The highest BCUT2D eigenvalue weighted by Gasteiger charge is 1.96. The Morgan fingerprint density at radius 2 is 1.94 bits per heavy atom. The van der Waals surface area contributed by atoms with Gasteiger partial charge in [-0.25, -0.2) is 0 Å². The van der Waals surface area contributed by atoms with E-state index in [1.54, 1.807) is 11.3 Å². The van der Waals surface area contributed by atoms with Crippen molar-refractivity contribution in [3.05, 3.63) is 52.2 Å². The molecule has 0 aliphatic heterocycles. The molecule has 0 aliphatic carbocycles. The maximum Gasteiger partial charge on any atom is 0.119 e. The third-order valence-electron chi connectivity index (χ3n) is 2.29. The highest BCUT2D eigenvalue weighted by Crippen LogP contribution is 2.15. The lowest BCUT2D eigenvalue weighted by atomic mass is 10.2. The summed E-state index contributed by atoms with van der Waals surface area (Å²) in [6.07, 6.45) is 0. The summed E-state index contributed by atoms with van der Waals surface area (Å²) >= 11 is 1.70. The molecule has 1 aromatic carbocycles. The molecule has 3 heteroatoms. The molecule has 2 rings (SSSR count). The molecule has 1 aromatic heterocycles. The molecule has 0 atom stereocenters. The van der Waals surface area contributed by atoms with E-state index in [9.17, 15) is 0 Å². The molecule has 2 aromatic rings. The zero-order valence-corrected chi connectivity index (χ0v) is 10.1. The van der Waals surface area contributed by atoms with Gasteiger partial charge in [0, 0.05) is 6.54 Å².